The zero-order chi connectivity index (χ0) is 13.9. The zero-order valence-electron chi connectivity index (χ0n) is 11.4. The minimum absolute atomic E-state index is 0.176. The molecule has 2 aromatic rings. The molecule has 0 saturated carbocycles. The SMILES string of the molecule is NNC(Cc1cccc(F)c1)CC1Cc2ccccc21. The van der Waals surface area contributed by atoms with Crippen molar-refractivity contribution in [2.45, 2.75) is 31.2 Å². The van der Waals surface area contributed by atoms with Gasteiger partial charge in [-0.05, 0) is 54.0 Å². The largest absolute Gasteiger partial charge is 0.271 e. The van der Waals surface area contributed by atoms with Crippen LogP contribution in [0.15, 0.2) is 48.5 Å². The molecule has 0 heterocycles. The van der Waals surface area contributed by atoms with Gasteiger partial charge in [-0.1, -0.05) is 36.4 Å². The number of hydrogen-bond acceptors (Lipinski definition) is 2. The molecule has 0 saturated heterocycles. The summed E-state index contributed by atoms with van der Waals surface area (Å²) in [7, 11) is 0. The Morgan fingerprint density at radius 2 is 2.05 bits per heavy atom. The Balaban J connectivity index is 1.64. The van der Waals surface area contributed by atoms with E-state index in [1.165, 1.54) is 17.2 Å². The van der Waals surface area contributed by atoms with Gasteiger partial charge in [0.2, 0.25) is 0 Å². The average Bonchev–Trinajstić information content (AvgIpc) is 2.43. The lowest BCUT2D eigenvalue weighted by molar-refractivity contribution is 0.421. The Bertz CT molecular complexity index is 597. The monoisotopic (exact) mass is 270 g/mol. The molecule has 0 aliphatic heterocycles. The summed E-state index contributed by atoms with van der Waals surface area (Å²) >= 11 is 0. The molecule has 0 spiro atoms. The minimum Gasteiger partial charge on any atom is -0.271 e. The fourth-order valence-corrected chi connectivity index (χ4v) is 3.08. The summed E-state index contributed by atoms with van der Waals surface area (Å²) in [5.41, 5.74) is 6.74. The van der Waals surface area contributed by atoms with Gasteiger partial charge in [0.1, 0.15) is 5.82 Å². The Morgan fingerprint density at radius 3 is 2.80 bits per heavy atom. The number of halogens is 1. The highest BCUT2D eigenvalue weighted by Crippen LogP contribution is 2.38. The van der Waals surface area contributed by atoms with E-state index in [-0.39, 0.29) is 11.9 Å². The van der Waals surface area contributed by atoms with Crippen LogP contribution in [0.3, 0.4) is 0 Å². The Morgan fingerprint density at radius 1 is 1.20 bits per heavy atom. The maximum atomic E-state index is 13.2. The molecule has 1 aliphatic carbocycles. The number of hydrazine groups is 1. The summed E-state index contributed by atoms with van der Waals surface area (Å²) in [5, 5.41) is 0. The fourth-order valence-electron chi connectivity index (χ4n) is 3.08. The molecular weight excluding hydrogens is 251 g/mol. The Hall–Kier alpha value is -1.71. The van der Waals surface area contributed by atoms with Gasteiger partial charge in [-0.2, -0.15) is 0 Å². The molecule has 0 amide bonds. The van der Waals surface area contributed by atoms with Crippen molar-refractivity contribution in [1.29, 1.82) is 0 Å². The number of nitrogens with two attached hydrogens (primary N) is 1. The quantitative estimate of drug-likeness (QED) is 0.647. The highest BCUT2D eigenvalue weighted by Gasteiger charge is 2.27. The molecule has 2 unspecified atom stereocenters. The molecule has 104 valence electrons. The van der Waals surface area contributed by atoms with E-state index in [4.69, 9.17) is 5.84 Å². The van der Waals surface area contributed by atoms with Gasteiger partial charge in [-0.3, -0.25) is 11.3 Å². The van der Waals surface area contributed by atoms with Crippen LogP contribution in [0.5, 0.6) is 0 Å². The van der Waals surface area contributed by atoms with Crippen LogP contribution in [0, 0.1) is 5.82 Å². The molecule has 3 N–H and O–H groups in total. The smallest absolute Gasteiger partial charge is 0.123 e. The first-order valence-electron chi connectivity index (χ1n) is 7.04. The summed E-state index contributed by atoms with van der Waals surface area (Å²) in [6, 6.07) is 15.5. The molecule has 3 rings (SSSR count). The molecule has 0 aromatic heterocycles. The van der Waals surface area contributed by atoms with Crippen LogP contribution in [-0.2, 0) is 12.8 Å². The maximum absolute atomic E-state index is 13.2. The molecule has 0 radical (unpaired) electrons. The van der Waals surface area contributed by atoms with Crippen molar-refractivity contribution in [3.05, 3.63) is 71.0 Å². The van der Waals surface area contributed by atoms with Crippen molar-refractivity contribution in [1.82, 2.24) is 5.43 Å². The summed E-state index contributed by atoms with van der Waals surface area (Å²) in [6.07, 6.45) is 2.87. The van der Waals surface area contributed by atoms with Crippen LogP contribution in [0.2, 0.25) is 0 Å². The predicted molar refractivity (Wildman–Crippen MR) is 78.7 cm³/mol. The molecule has 2 aromatic carbocycles. The van der Waals surface area contributed by atoms with E-state index in [9.17, 15) is 4.39 Å². The molecular formula is C17H19FN2. The van der Waals surface area contributed by atoms with Gasteiger partial charge in [0.15, 0.2) is 0 Å². The maximum Gasteiger partial charge on any atom is 0.123 e. The van der Waals surface area contributed by atoms with Crippen molar-refractivity contribution in [2.75, 3.05) is 0 Å². The van der Waals surface area contributed by atoms with Crippen LogP contribution >= 0.6 is 0 Å². The van der Waals surface area contributed by atoms with Gasteiger partial charge in [0.25, 0.3) is 0 Å². The summed E-state index contributed by atoms with van der Waals surface area (Å²) in [6.45, 7) is 0. The van der Waals surface area contributed by atoms with E-state index in [0.29, 0.717) is 5.92 Å². The van der Waals surface area contributed by atoms with Gasteiger partial charge >= 0.3 is 0 Å². The zero-order valence-corrected chi connectivity index (χ0v) is 11.4. The topological polar surface area (TPSA) is 38.0 Å². The van der Waals surface area contributed by atoms with Crippen molar-refractivity contribution in [3.63, 3.8) is 0 Å². The van der Waals surface area contributed by atoms with E-state index < -0.39 is 0 Å². The van der Waals surface area contributed by atoms with E-state index >= 15 is 0 Å². The normalized spacial score (nSPS) is 18.2. The first-order chi connectivity index (χ1) is 9.76. The molecule has 2 nitrogen and oxygen atoms in total. The van der Waals surface area contributed by atoms with Gasteiger partial charge in [-0.15, -0.1) is 0 Å². The summed E-state index contributed by atoms with van der Waals surface area (Å²) in [4.78, 5) is 0. The lowest BCUT2D eigenvalue weighted by atomic mass is 9.74. The third kappa shape index (κ3) is 2.74. The van der Waals surface area contributed by atoms with E-state index in [2.05, 4.69) is 29.7 Å². The first kappa shape index (κ1) is 13.3. The molecule has 0 fully saturated rings. The lowest BCUT2D eigenvalue weighted by Gasteiger charge is -2.33. The number of benzene rings is 2. The van der Waals surface area contributed by atoms with Crippen LogP contribution in [0.25, 0.3) is 0 Å². The summed E-state index contributed by atoms with van der Waals surface area (Å²) in [5.74, 6) is 6.04. The predicted octanol–water partition coefficient (Wildman–Crippen LogP) is 2.93. The van der Waals surface area contributed by atoms with Crippen molar-refractivity contribution >= 4 is 0 Å². The van der Waals surface area contributed by atoms with Gasteiger partial charge in [0.05, 0.1) is 0 Å². The van der Waals surface area contributed by atoms with Crippen LogP contribution in [0.1, 0.15) is 29.0 Å². The molecule has 1 aliphatic rings. The van der Waals surface area contributed by atoms with Crippen LogP contribution in [0.4, 0.5) is 4.39 Å². The first-order valence-corrected chi connectivity index (χ1v) is 7.04. The highest BCUT2D eigenvalue weighted by molar-refractivity contribution is 5.40. The fraction of sp³-hybridized carbons (Fsp3) is 0.294. The minimum atomic E-state index is -0.188. The Kier molecular flexibility index (Phi) is 3.81. The average molecular weight is 270 g/mol. The van der Waals surface area contributed by atoms with Crippen LogP contribution in [-0.4, -0.2) is 6.04 Å². The Labute approximate surface area is 118 Å². The lowest BCUT2D eigenvalue weighted by Crippen LogP contribution is -2.39. The van der Waals surface area contributed by atoms with E-state index in [0.717, 1.165) is 24.8 Å². The van der Waals surface area contributed by atoms with Crippen molar-refractivity contribution < 1.29 is 4.39 Å². The third-order valence-electron chi connectivity index (χ3n) is 4.14. The second kappa shape index (κ2) is 5.73. The number of fused-ring (bicyclic) bond motifs is 1. The standard InChI is InChI=1S/C17H19FN2/c18-15-6-3-4-12(8-15)9-16(20-19)11-14-10-13-5-1-2-7-17(13)14/h1-8,14,16,20H,9-11,19H2. The van der Waals surface area contributed by atoms with E-state index in [1.807, 2.05) is 6.07 Å². The molecule has 0 bridgehead atoms. The molecule has 20 heavy (non-hydrogen) atoms. The second-order valence-corrected chi connectivity index (χ2v) is 5.53. The van der Waals surface area contributed by atoms with Crippen molar-refractivity contribution in [2.24, 2.45) is 5.84 Å². The highest BCUT2D eigenvalue weighted by atomic mass is 19.1. The molecule has 3 heteroatoms. The summed E-state index contributed by atoms with van der Waals surface area (Å²) < 4.78 is 13.2. The molecule has 2 atom stereocenters. The number of nitrogens with one attached hydrogen (secondary N) is 1. The van der Waals surface area contributed by atoms with Gasteiger partial charge in [-0.25, -0.2) is 4.39 Å². The van der Waals surface area contributed by atoms with Gasteiger partial charge in [0, 0.05) is 6.04 Å². The van der Waals surface area contributed by atoms with Crippen molar-refractivity contribution in [3.8, 4) is 0 Å². The van der Waals surface area contributed by atoms with E-state index in [1.54, 1.807) is 12.1 Å². The number of hydrogen-bond donors (Lipinski definition) is 2. The second-order valence-electron chi connectivity index (χ2n) is 5.53. The number of rotatable bonds is 5. The van der Waals surface area contributed by atoms with Crippen LogP contribution < -0.4 is 11.3 Å². The third-order valence-corrected chi connectivity index (χ3v) is 4.14. The van der Waals surface area contributed by atoms with Gasteiger partial charge < -0.3 is 0 Å².